The molecule has 1 atom stereocenters. The number of carbonyl (C=O) groups excluding carboxylic acids is 1. The smallest absolute Gasteiger partial charge is 0.251 e. The number of hydrogen-bond acceptors (Lipinski definition) is 3. The van der Waals surface area contributed by atoms with E-state index in [1.807, 2.05) is 24.3 Å². The van der Waals surface area contributed by atoms with Crippen molar-refractivity contribution in [2.75, 3.05) is 0 Å². The summed E-state index contributed by atoms with van der Waals surface area (Å²) in [5, 5.41) is 8.16. The number of fused-ring (bicyclic) bond motifs is 1. The van der Waals surface area contributed by atoms with Crippen molar-refractivity contribution in [1.29, 1.82) is 0 Å². The van der Waals surface area contributed by atoms with Crippen LogP contribution in [0.5, 0.6) is 0 Å². The zero-order valence-corrected chi connectivity index (χ0v) is 13.1. The first kappa shape index (κ1) is 15.7. The molecule has 0 saturated heterocycles. The van der Waals surface area contributed by atoms with Gasteiger partial charge >= 0.3 is 0 Å². The van der Waals surface area contributed by atoms with Crippen LogP contribution in [0.1, 0.15) is 63.6 Å². The van der Waals surface area contributed by atoms with E-state index in [0.717, 1.165) is 43.1 Å². The number of benzene rings is 1. The summed E-state index contributed by atoms with van der Waals surface area (Å²) in [4.78, 5) is 12.8. The molecule has 0 spiro atoms. The highest BCUT2D eigenvalue weighted by molar-refractivity contribution is 5.90. The Kier molecular flexibility index (Phi) is 5.90. The summed E-state index contributed by atoms with van der Waals surface area (Å²) < 4.78 is 1.50. The van der Waals surface area contributed by atoms with Crippen molar-refractivity contribution < 1.29 is 4.79 Å². The second-order valence-electron chi connectivity index (χ2n) is 5.66. The Hall–Kier alpha value is -1.71. The molecular weight excluding hydrogens is 262 g/mol. The summed E-state index contributed by atoms with van der Waals surface area (Å²) in [6, 6.07) is 7.65. The zero-order valence-electron chi connectivity index (χ0n) is 13.1. The van der Waals surface area contributed by atoms with Gasteiger partial charge in [0.05, 0.1) is 5.52 Å². The molecule has 0 fully saturated rings. The third kappa shape index (κ3) is 3.90. The molecule has 0 aliphatic rings. The number of nitrogens with zero attached hydrogens (tertiary/aromatic N) is 3. The highest BCUT2D eigenvalue weighted by Crippen LogP contribution is 2.21. The first-order valence-corrected chi connectivity index (χ1v) is 8.12. The normalized spacial score (nSPS) is 12.7. The van der Waals surface area contributed by atoms with E-state index in [-0.39, 0.29) is 11.8 Å². The van der Waals surface area contributed by atoms with Crippen LogP contribution in [-0.2, 0) is 0 Å². The van der Waals surface area contributed by atoms with Gasteiger partial charge in [-0.2, -0.15) is 4.68 Å². The lowest BCUT2D eigenvalue weighted by Crippen LogP contribution is -2.23. The average molecular weight is 287 g/mol. The highest BCUT2D eigenvalue weighted by Gasteiger charge is 2.22. The molecule has 0 amide bonds. The molecule has 0 bridgehead atoms. The molecule has 21 heavy (non-hydrogen) atoms. The van der Waals surface area contributed by atoms with Crippen molar-refractivity contribution in [2.24, 2.45) is 5.92 Å². The van der Waals surface area contributed by atoms with Gasteiger partial charge < -0.3 is 0 Å². The molecule has 1 aromatic carbocycles. The molecule has 114 valence electrons. The predicted octanol–water partition coefficient (Wildman–Crippen LogP) is 4.46. The number of hydrogen-bond donors (Lipinski definition) is 0. The van der Waals surface area contributed by atoms with Crippen molar-refractivity contribution >= 4 is 16.9 Å². The van der Waals surface area contributed by atoms with Gasteiger partial charge in [0.1, 0.15) is 5.52 Å². The van der Waals surface area contributed by atoms with E-state index in [1.165, 1.54) is 17.5 Å². The second-order valence-corrected chi connectivity index (χ2v) is 5.66. The molecular formula is C17H25N3O. The Labute approximate surface area is 126 Å². The lowest BCUT2D eigenvalue weighted by Gasteiger charge is -2.15. The minimum absolute atomic E-state index is 0.0709. The third-order valence-corrected chi connectivity index (χ3v) is 3.97. The highest BCUT2D eigenvalue weighted by atomic mass is 16.2. The van der Waals surface area contributed by atoms with E-state index >= 15 is 0 Å². The Balaban J connectivity index is 2.15. The Bertz CT molecular complexity index is 576. The molecule has 4 heteroatoms. The minimum atomic E-state index is 0.0709. The van der Waals surface area contributed by atoms with Crippen molar-refractivity contribution in [1.82, 2.24) is 15.0 Å². The van der Waals surface area contributed by atoms with Crippen LogP contribution in [-0.4, -0.2) is 20.9 Å². The quantitative estimate of drug-likeness (QED) is 0.673. The van der Waals surface area contributed by atoms with Gasteiger partial charge in [0.2, 0.25) is 0 Å². The van der Waals surface area contributed by atoms with E-state index in [4.69, 9.17) is 0 Å². The molecule has 0 aliphatic heterocycles. The van der Waals surface area contributed by atoms with Crippen LogP contribution < -0.4 is 0 Å². The number of para-hydroxylation sites is 1. The van der Waals surface area contributed by atoms with E-state index in [0.29, 0.717) is 0 Å². The second kappa shape index (κ2) is 7.91. The standard InChI is InChI=1S/C17H25N3O/c1-3-5-7-11-14(10-6-4-2)17(21)20-16-13-9-8-12-15(16)18-19-20/h8-9,12-14H,3-7,10-11H2,1-2H3. The molecule has 1 aromatic heterocycles. The number of rotatable bonds is 8. The number of carbonyl (C=O) groups is 1. The third-order valence-electron chi connectivity index (χ3n) is 3.97. The molecule has 2 rings (SSSR count). The van der Waals surface area contributed by atoms with Crippen LogP contribution in [0.2, 0.25) is 0 Å². The summed E-state index contributed by atoms with van der Waals surface area (Å²) in [7, 11) is 0. The molecule has 1 unspecified atom stereocenters. The summed E-state index contributed by atoms with van der Waals surface area (Å²) >= 11 is 0. The van der Waals surface area contributed by atoms with Gasteiger partial charge in [0.25, 0.3) is 5.91 Å². The molecule has 1 heterocycles. The van der Waals surface area contributed by atoms with Gasteiger partial charge in [0.15, 0.2) is 0 Å². The van der Waals surface area contributed by atoms with E-state index < -0.39 is 0 Å². The predicted molar refractivity (Wildman–Crippen MR) is 85.3 cm³/mol. The molecule has 2 aromatic rings. The van der Waals surface area contributed by atoms with Crippen LogP contribution in [0, 0.1) is 5.92 Å². The van der Waals surface area contributed by atoms with Crippen LogP contribution in [0.4, 0.5) is 0 Å². The van der Waals surface area contributed by atoms with Gasteiger partial charge in [-0.1, -0.05) is 63.3 Å². The fourth-order valence-electron chi connectivity index (χ4n) is 2.69. The first-order chi connectivity index (χ1) is 10.3. The average Bonchev–Trinajstić information content (AvgIpc) is 2.94. The maximum absolute atomic E-state index is 12.8. The SMILES string of the molecule is CCCCCC(CCCC)C(=O)n1nnc2ccccc21. The fraction of sp³-hybridized carbons (Fsp3) is 0.588. The van der Waals surface area contributed by atoms with Gasteiger partial charge in [-0.05, 0) is 25.0 Å². The van der Waals surface area contributed by atoms with Crippen LogP contribution in [0.25, 0.3) is 11.0 Å². The Morgan fingerprint density at radius 2 is 1.81 bits per heavy atom. The van der Waals surface area contributed by atoms with Gasteiger partial charge in [0, 0.05) is 5.92 Å². The summed E-state index contributed by atoms with van der Waals surface area (Å²) in [5.41, 5.74) is 1.60. The molecule has 0 saturated carbocycles. The van der Waals surface area contributed by atoms with Crippen molar-refractivity contribution in [3.8, 4) is 0 Å². The maximum Gasteiger partial charge on any atom is 0.251 e. The fourth-order valence-corrected chi connectivity index (χ4v) is 2.69. The van der Waals surface area contributed by atoms with Gasteiger partial charge in [-0.3, -0.25) is 4.79 Å². The summed E-state index contributed by atoms with van der Waals surface area (Å²) in [6.07, 6.45) is 7.61. The Morgan fingerprint density at radius 3 is 2.57 bits per heavy atom. The first-order valence-electron chi connectivity index (χ1n) is 8.12. The topological polar surface area (TPSA) is 47.8 Å². The molecule has 4 nitrogen and oxygen atoms in total. The zero-order chi connectivity index (χ0) is 15.1. The minimum Gasteiger partial charge on any atom is -0.272 e. The van der Waals surface area contributed by atoms with Gasteiger partial charge in [-0.15, -0.1) is 5.10 Å². The van der Waals surface area contributed by atoms with Crippen LogP contribution in [0.15, 0.2) is 24.3 Å². The molecule has 0 N–H and O–H groups in total. The van der Waals surface area contributed by atoms with E-state index in [1.54, 1.807) is 0 Å². The van der Waals surface area contributed by atoms with Crippen LogP contribution in [0.3, 0.4) is 0 Å². The monoisotopic (exact) mass is 287 g/mol. The Morgan fingerprint density at radius 1 is 1.10 bits per heavy atom. The van der Waals surface area contributed by atoms with Crippen molar-refractivity contribution in [3.05, 3.63) is 24.3 Å². The van der Waals surface area contributed by atoms with E-state index in [9.17, 15) is 4.79 Å². The number of unbranched alkanes of at least 4 members (excludes halogenated alkanes) is 3. The van der Waals surface area contributed by atoms with Crippen molar-refractivity contribution in [2.45, 2.75) is 58.8 Å². The van der Waals surface area contributed by atoms with Crippen molar-refractivity contribution in [3.63, 3.8) is 0 Å². The number of aromatic nitrogens is 3. The van der Waals surface area contributed by atoms with Gasteiger partial charge in [-0.25, -0.2) is 0 Å². The molecule has 0 radical (unpaired) electrons. The van der Waals surface area contributed by atoms with Crippen LogP contribution >= 0.6 is 0 Å². The summed E-state index contributed by atoms with van der Waals surface area (Å²) in [6.45, 7) is 4.35. The van der Waals surface area contributed by atoms with E-state index in [2.05, 4.69) is 24.2 Å². The lowest BCUT2D eigenvalue weighted by atomic mass is 9.94. The summed E-state index contributed by atoms with van der Waals surface area (Å²) in [5.74, 6) is 0.176. The largest absolute Gasteiger partial charge is 0.272 e. The lowest BCUT2D eigenvalue weighted by molar-refractivity contribution is 0.0801. The molecule has 0 aliphatic carbocycles. The maximum atomic E-state index is 12.8.